The Morgan fingerprint density at radius 2 is 2.27 bits per heavy atom. The molecule has 1 rings (SSSR count). The second kappa shape index (κ2) is 3.42. The maximum absolute atomic E-state index is 3.29. The van der Waals surface area contributed by atoms with Gasteiger partial charge in [0.1, 0.15) is 0 Å². The molecule has 0 amide bonds. The van der Waals surface area contributed by atoms with E-state index in [1.807, 2.05) is 0 Å². The zero-order chi connectivity index (χ0) is 8.27. The van der Waals surface area contributed by atoms with Crippen LogP contribution in [0.1, 0.15) is 27.2 Å². The zero-order valence-corrected chi connectivity index (χ0v) is 7.44. The standard InChI is InChI=1S/C10H15N/c1-8(2)4-6-10-7-5-9(3)11-10/h4-6,11H,7H2,1-3H3/b10-6+. The van der Waals surface area contributed by atoms with Gasteiger partial charge in [-0.2, -0.15) is 0 Å². The van der Waals surface area contributed by atoms with E-state index in [4.69, 9.17) is 0 Å². The molecule has 1 heteroatoms. The quantitative estimate of drug-likeness (QED) is 0.604. The Bertz CT molecular complexity index is 227. The molecule has 0 spiro atoms. The van der Waals surface area contributed by atoms with E-state index < -0.39 is 0 Å². The van der Waals surface area contributed by atoms with Crippen LogP contribution in [0.5, 0.6) is 0 Å². The van der Waals surface area contributed by atoms with Crippen molar-refractivity contribution in [2.24, 2.45) is 0 Å². The first-order valence-corrected chi connectivity index (χ1v) is 3.96. The van der Waals surface area contributed by atoms with Crippen LogP contribution in [0, 0.1) is 0 Å². The van der Waals surface area contributed by atoms with Crippen LogP contribution in [0.4, 0.5) is 0 Å². The fourth-order valence-corrected chi connectivity index (χ4v) is 0.995. The van der Waals surface area contributed by atoms with Gasteiger partial charge in [-0.15, -0.1) is 0 Å². The van der Waals surface area contributed by atoms with Gasteiger partial charge in [0.2, 0.25) is 0 Å². The molecule has 1 nitrogen and oxygen atoms in total. The van der Waals surface area contributed by atoms with Crippen molar-refractivity contribution in [1.82, 2.24) is 5.32 Å². The molecule has 11 heavy (non-hydrogen) atoms. The van der Waals surface area contributed by atoms with Crippen LogP contribution >= 0.6 is 0 Å². The Balaban J connectivity index is 2.53. The number of nitrogens with one attached hydrogen (secondary N) is 1. The Morgan fingerprint density at radius 3 is 2.73 bits per heavy atom. The monoisotopic (exact) mass is 149 g/mol. The number of rotatable bonds is 1. The van der Waals surface area contributed by atoms with Crippen molar-refractivity contribution in [3.05, 3.63) is 35.2 Å². The van der Waals surface area contributed by atoms with E-state index in [0.717, 1.165) is 6.42 Å². The summed E-state index contributed by atoms with van der Waals surface area (Å²) in [6.45, 7) is 6.29. The topological polar surface area (TPSA) is 12.0 Å². The summed E-state index contributed by atoms with van der Waals surface area (Å²) in [5.74, 6) is 0. The Labute approximate surface area is 68.5 Å². The van der Waals surface area contributed by atoms with E-state index in [2.05, 4.69) is 44.3 Å². The summed E-state index contributed by atoms with van der Waals surface area (Å²) in [7, 11) is 0. The molecule has 0 radical (unpaired) electrons. The SMILES string of the molecule is CC(C)=C/C=C1\CC=C(C)N1. The number of allylic oxidation sites excluding steroid dienone is 5. The minimum absolute atomic E-state index is 1.05. The molecule has 0 saturated carbocycles. The molecule has 0 aromatic carbocycles. The fourth-order valence-electron chi connectivity index (χ4n) is 0.995. The highest BCUT2D eigenvalue weighted by atomic mass is 14.9. The van der Waals surface area contributed by atoms with Gasteiger partial charge >= 0.3 is 0 Å². The van der Waals surface area contributed by atoms with Crippen molar-refractivity contribution >= 4 is 0 Å². The van der Waals surface area contributed by atoms with Crippen molar-refractivity contribution in [2.45, 2.75) is 27.2 Å². The lowest BCUT2D eigenvalue weighted by Crippen LogP contribution is -2.02. The van der Waals surface area contributed by atoms with Gasteiger partial charge in [0, 0.05) is 17.8 Å². The maximum Gasteiger partial charge on any atom is 0.0187 e. The summed E-state index contributed by atoms with van der Waals surface area (Å²) in [5.41, 5.74) is 3.89. The van der Waals surface area contributed by atoms with Crippen molar-refractivity contribution in [3.63, 3.8) is 0 Å². The molecule has 0 atom stereocenters. The normalized spacial score (nSPS) is 19.5. The van der Waals surface area contributed by atoms with E-state index in [0.29, 0.717) is 0 Å². The summed E-state index contributed by atoms with van der Waals surface area (Å²) < 4.78 is 0. The van der Waals surface area contributed by atoms with Crippen LogP contribution in [-0.4, -0.2) is 0 Å². The van der Waals surface area contributed by atoms with Crippen LogP contribution < -0.4 is 5.32 Å². The lowest BCUT2D eigenvalue weighted by Gasteiger charge is -1.98. The Kier molecular flexibility index (Phi) is 2.53. The lowest BCUT2D eigenvalue weighted by molar-refractivity contribution is 1.00. The molecule has 0 saturated heterocycles. The summed E-state index contributed by atoms with van der Waals surface area (Å²) in [6.07, 6.45) is 7.53. The molecule has 1 aliphatic heterocycles. The van der Waals surface area contributed by atoms with Crippen molar-refractivity contribution in [2.75, 3.05) is 0 Å². The highest BCUT2D eigenvalue weighted by molar-refractivity contribution is 5.25. The van der Waals surface area contributed by atoms with Gasteiger partial charge < -0.3 is 5.32 Å². The third-order valence-electron chi connectivity index (χ3n) is 1.60. The van der Waals surface area contributed by atoms with Crippen molar-refractivity contribution in [1.29, 1.82) is 0 Å². The predicted octanol–water partition coefficient (Wildman–Crippen LogP) is 2.73. The van der Waals surface area contributed by atoms with Gasteiger partial charge in [0.05, 0.1) is 0 Å². The average Bonchev–Trinajstić information content (AvgIpc) is 2.31. The Morgan fingerprint density at radius 1 is 1.55 bits per heavy atom. The van der Waals surface area contributed by atoms with Crippen LogP contribution in [0.2, 0.25) is 0 Å². The molecule has 1 N–H and O–H groups in total. The third-order valence-corrected chi connectivity index (χ3v) is 1.60. The first-order valence-electron chi connectivity index (χ1n) is 3.96. The number of hydrogen-bond donors (Lipinski definition) is 1. The summed E-state index contributed by atoms with van der Waals surface area (Å²) in [5, 5.41) is 3.29. The third kappa shape index (κ3) is 2.62. The van der Waals surface area contributed by atoms with Gasteiger partial charge in [-0.1, -0.05) is 17.7 Å². The molecule has 0 bridgehead atoms. The van der Waals surface area contributed by atoms with E-state index >= 15 is 0 Å². The first-order chi connectivity index (χ1) is 5.18. The van der Waals surface area contributed by atoms with E-state index in [1.54, 1.807) is 0 Å². The molecule has 0 aliphatic carbocycles. The van der Waals surface area contributed by atoms with Gasteiger partial charge in [-0.05, 0) is 26.8 Å². The highest BCUT2D eigenvalue weighted by Gasteiger charge is 2.01. The van der Waals surface area contributed by atoms with Gasteiger partial charge in [0.25, 0.3) is 0 Å². The van der Waals surface area contributed by atoms with E-state index in [9.17, 15) is 0 Å². The molecule has 1 aliphatic rings. The van der Waals surface area contributed by atoms with Gasteiger partial charge in [-0.25, -0.2) is 0 Å². The van der Waals surface area contributed by atoms with Crippen LogP contribution in [0.3, 0.4) is 0 Å². The van der Waals surface area contributed by atoms with Crippen molar-refractivity contribution < 1.29 is 0 Å². The van der Waals surface area contributed by atoms with Gasteiger partial charge in [-0.3, -0.25) is 0 Å². The molecular weight excluding hydrogens is 134 g/mol. The van der Waals surface area contributed by atoms with Crippen LogP contribution in [-0.2, 0) is 0 Å². The Hall–Kier alpha value is -0.980. The lowest BCUT2D eigenvalue weighted by atomic mass is 10.2. The fraction of sp³-hybridized carbons (Fsp3) is 0.400. The van der Waals surface area contributed by atoms with Gasteiger partial charge in [0.15, 0.2) is 0 Å². The van der Waals surface area contributed by atoms with E-state index in [1.165, 1.54) is 17.0 Å². The van der Waals surface area contributed by atoms with Crippen molar-refractivity contribution in [3.8, 4) is 0 Å². The minimum atomic E-state index is 1.05. The molecule has 0 fully saturated rings. The zero-order valence-electron chi connectivity index (χ0n) is 7.44. The molecule has 1 heterocycles. The highest BCUT2D eigenvalue weighted by Crippen LogP contribution is 2.11. The second-order valence-electron chi connectivity index (χ2n) is 3.15. The summed E-state index contributed by atoms with van der Waals surface area (Å²) >= 11 is 0. The molecule has 0 aromatic heterocycles. The molecular formula is C10H15N. The average molecular weight is 149 g/mol. The summed E-state index contributed by atoms with van der Waals surface area (Å²) in [4.78, 5) is 0. The largest absolute Gasteiger partial charge is 0.363 e. The number of hydrogen-bond acceptors (Lipinski definition) is 1. The summed E-state index contributed by atoms with van der Waals surface area (Å²) in [6, 6.07) is 0. The van der Waals surface area contributed by atoms with Crippen LogP contribution in [0.15, 0.2) is 35.2 Å². The molecule has 60 valence electrons. The molecule has 0 unspecified atom stereocenters. The van der Waals surface area contributed by atoms with Crippen LogP contribution in [0.25, 0.3) is 0 Å². The second-order valence-corrected chi connectivity index (χ2v) is 3.15. The first kappa shape index (κ1) is 8.12. The van der Waals surface area contributed by atoms with E-state index in [-0.39, 0.29) is 0 Å². The smallest absolute Gasteiger partial charge is 0.0187 e. The minimum Gasteiger partial charge on any atom is -0.363 e. The predicted molar refractivity (Wildman–Crippen MR) is 49.0 cm³/mol. The molecule has 0 aromatic rings. The maximum atomic E-state index is 3.29.